The van der Waals surface area contributed by atoms with E-state index in [2.05, 4.69) is 39.5 Å². The van der Waals surface area contributed by atoms with Crippen LogP contribution in [0.5, 0.6) is 23.0 Å². The maximum Gasteiger partial charge on any atom is 0.509 e. The first-order valence-electron chi connectivity index (χ1n) is 22.3. The van der Waals surface area contributed by atoms with Crippen LogP contribution in [-0.4, -0.2) is 77.8 Å². The molecule has 2 aromatic heterocycles. The van der Waals surface area contributed by atoms with Crippen molar-refractivity contribution in [3.05, 3.63) is 131 Å². The van der Waals surface area contributed by atoms with Crippen molar-refractivity contribution in [3.8, 4) is 23.0 Å². The molecule has 7 rings (SSSR count). The van der Waals surface area contributed by atoms with Gasteiger partial charge in [0.2, 0.25) is 18.7 Å². The topological polar surface area (TPSA) is 192 Å². The van der Waals surface area contributed by atoms with Crippen molar-refractivity contribution in [1.82, 2.24) is 0 Å². The Labute approximate surface area is 395 Å². The molecular formula is C53H62O15. The summed E-state index contributed by atoms with van der Waals surface area (Å²) in [5, 5.41) is 22.4. The summed E-state index contributed by atoms with van der Waals surface area (Å²) in [6.07, 6.45) is 1.19. The van der Waals surface area contributed by atoms with Gasteiger partial charge >= 0.3 is 17.4 Å². The number of rotatable bonds is 16. The molecule has 2 N–H and O–H groups in total. The summed E-state index contributed by atoms with van der Waals surface area (Å²) in [6.45, 7) is 37.5. The molecule has 4 aromatic rings. The molecule has 3 aliphatic heterocycles. The molecule has 0 saturated carbocycles. The molecule has 0 aliphatic carbocycles. The fourth-order valence-corrected chi connectivity index (χ4v) is 8.79. The standard InChI is InChI=1S/C27H30O8.C26H32O7/c1-8-12-27(7)16(6)21-23(34-26(29)33-21)25(35-27)31-18-11-10-17-20(15(18)5)32-24(28)19(14(3)4)22(17)30-13-9-2;1-8-12-26(7)16(6)20(27)21(28)25(33-26)31-18-11-10-17-22(15(18)5)32-24(29)19(14(3)4)23(17)30-13-9-2/h8-11,16,21,23,25H,1-3,12-13H2,4-7H3;8-11,16,20-21,25,27-28H,1-3,12-13H2,4-7H3/t16-,21-,23-,25?,27+;16-,20-,21-,25?,26+/m11/s1. The Morgan fingerprint density at radius 2 is 1.07 bits per heavy atom. The third kappa shape index (κ3) is 9.66. The van der Waals surface area contributed by atoms with Crippen LogP contribution in [0.3, 0.4) is 0 Å². The van der Waals surface area contributed by atoms with Gasteiger partial charge in [-0.25, -0.2) is 14.4 Å². The minimum absolute atomic E-state index is 0.155. The number of carbonyl (C=O) groups is 1. The maximum absolute atomic E-state index is 12.8. The summed E-state index contributed by atoms with van der Waals surface area (Å²) in [6, 6.07) is 6.88. The summed E-state index contributed by atoms with van der Waals surface area (Å²) in [5.41, 5.74) is 0.655. The number of hydrogen-bond donors (Lipinski definition) is 2. The van der Waals surface area contributed by atoms with Gasteiger partial charge in [-0.05, 0) is 89.8 Å². The fourth-order valence-electron chi connectivity index (χ4n) is 8.79. The zero-order valence-electron chi connectivity index (χ0n) is 40.0. The van der Waals surface area contributed by atoms with Gasteiger partial charge in [0.05, 0.1) is 28.1 Å². The Morgan fingerprint density at radius 3 is 1.51 bits per heavy atom. The third-order valence-corrected chi connectivity index (χ3v) is 13.0. The number of aliphatic hydroxyl groups excluding tert-OH is 2. The van der Waals surface area contributed by atoms with Crippen molar-refractivity contribution in [2.45, 2.75) is 116 Å². The van der Waals surface area contributed by atoms with Gasteiger partial charge in [0, 0.05) is 23.0 Å². The van der Waals surface area contributed by atoms with Crippen LogP contribution in [0.4, 0.5) is 4.79 Å². The van der Waals surface area contributed by atoms with Crippen molar-refractivity contribution in [2.24, 2.45) is 11.8 Å². The zero-order chi connectivity index (χ0) is 50.0. The van der Waals surface area contributed by atoms with Crippen LogP contribution < -0.4 is 30.2 Å². The van der Waals surface area contributed by atoms with Gasteiger partial charge in [-0.3, -0.25) is 0 Å². The number of allylic oxidation sites excluding steroid dienone is 2. The molecule has 68 heavy (non-hydrogen) atoms. The second kappa shape index (κ2) is 20.5. The molecule has 0 amide bonds. The number of aliphatic hydroxyl groups is 2. The molecule has 15 nitrogen and oxygen atoms in total. The van der Waals surface area contributed by atoms with Gasteiger partial charge in [-0.1, -0.05) is 64.5 Å². The van der Waals surface area contributed by atoms with E-state index in [1.165, 1.54) is 0 Å². The molecule has 0 radical (unpaired) electrons. The molecule has 364 valence electrons. The molecule has 5 heterocycles. The highest BCUT2D eigenvalue weighted by atomic mass is 16.8. The highest BCUT2D eigenvalue weighted by Gasteiger charge is 2.58. The van der Waals surface area contributed by atoms with Gasteiger partial charge < -0.3 is 56.9 Å². The van der Waals surface area contributed by atoms with Crippen LogP contribution in [0.2, 0.25) is 0 Å². The van der Waals surface area contributed by atoms with Crippen LogP contribution >= 0.6 is 0 Å². The number of ether oxygens (including phenoxy) is 8. The molecule has 3 fully saturated rings. The van der Waals surface area contributed by atoms with Crippen molar-refractivity contribution in [2.75, 3.05) is 13.2 Å². The van der Waals surface area contributed by atoms with Gasteiger partial charge in [0.1, 0.15) is 64.6 Å². The summed E-state index contributed by atoms with van der Waals surface area (Å²) in [7, 11) is 0. The first kappa shape index (κ1) is 51.0. The molecule has 15 heteroatoms. The lowest BCUT2D eigenvalue weighted by atomic mass is 9.79. The largest absolute Gasteiger partial charge is 0.509 e. The van der Waals surface area contributed by atoms with E-state index in [1.54, 1.807) is 76.3 Å². The van der Waals surface area contributed by atoms with E-state index in [-0.39, 0.29) is 41.8 Å². The van der Waals surface area contributed by atoms with Crippen molar-refractivity contribution >= 4 is 39.2 Å². The van der Waals surface area contributed by atoms with Crippen LogP contribution in [0.1, 0.15) is 76.6 Å². The molecule has 0 spiro atoms. The average molecular weight is 939 g/mol. The van der Waals surface area contributed by atoms with E-state index >= 15 is 0 Å². The van der Waals surface area contributed by atoms with E-state index in [9.17, 15) is 24.6 Å². The molecule has 3 aliphatic rings. The quantitative estimate of drug-likeness (QED) is 0.0613. The van der Waals surface area contributed by atoms with Crippen LogP contribution in [0.15, 0.2) is 106 Å². The predicted molar refractivity (Wildman–Crippen MR) is 258 cm³/mol. The Balaban J connectivity index is 0.000000224. The van der Waals surface area contributed by atoms with Gasteiger partial charge in [-0.2, -0.15) is 0 Å². The second-order valence-corrected chi connectivity index (χ2v) is 17.9. The number of aryl methyl sites for hydroxylation is 2. The van der Waals surface area contributed by atoms with E-state index in [1.807, 2.05) is 27.7 Å². The molecule has 0 bridgehead atoms. The van der Waals surface area contributed by atoms with E-state index in [0.29, 0.717) is 74.5 Å². The first-order valence-corrected chi connectivity index (χ1v) is 22.3. The SMILES string of the molecule is C=CCOc1c(C(=C)C)c(=O)oc2c(C)c(OC3O[C@@](C)(CC=C)[C@H](C)[C@@H](O)[C@H]3O)ccc12.C=CCOc1c(C(=C)C)c(=O)oc2c(C)c(OC3O[C@@](C)(CC=C)[C@H](C)[C@H]4OC(=O)O[C@@H]34)ccc12. The summed E-state index contributed by atoms with van der Waals surface area (Å²) in [4.78, 5) is 37.5. The van der Waals surface area contributed by atoms with Crippen LogP contribution in [-0.2, 0) is 18.9 Å². The Morgan fingerprint density at radius 1 is 0.647 bits per heavy atom. The molecule has 2 aromatic carbocycles. The van der Waals surface area contributed by atoms with Crippen LogP contribution in [0, 0.1) is 25.7 Å². The number of benzene rings is 2. The molecular weight excluding hydrogens is 877 g/mol. The summed E-state index contributed by atoms with van der Waals surface area (Å²) >= 11 is 0. The van der Waals surface area contributed by atoms with Crippen LogP contribution in [0.25, 0.3) is 33.1 Å². The minimum Gasteiger partial charge on any atom is -0.488 e. The monoisotopic (exact) mass is 938 g/mol. The Kier molecular flexibility index (Phi) is 15.3. The first-order chi connectivity index (χ1) is 32.2. The normalized spacial score (nSPS) is 27.4. The third-order valence-electron chi connectivity index (χ3n) is 13.0. The average Bonchev–Trinajstić information content (AvgIpc) is 3.68. The van der Waals surface area contributed by atoms with E-state index in [4.69, 9.17) is 46.7 Å². The fraction of sp³-hybridized carbons (Fsp3) is 0.415. The number of fused-ring (bicyclic) bond motifs is 3. The van der Waals surface area contributed by atoms with Crippen molar-refractivity contribution in [1.29, 1.82) is 0 Å². The summed E-state index contributed by atoms with van der Waals surface area (Å²) < 4.78 is 58.4. The lowest BCUT2D eigenvalue weighted by Crippen LogP contribution is -2.60. The van der Waals surface area contributed by atoms with E-state index < -0.39 is 65.6 Å². The molecule has 2 unspecified atom stereocenters. The highest BCUT2D eigenvalue weighted by molar-refractivity contribution is 5.92. The number of carbonyl (C=O) groups excluding carboxylic acids is 1. The van der Waals surface area contributed by atoms with Gasteiger partial charge in [0.15, 0.2) is 6.10 Å². The summed E-state index contributed by atoms with van der Waals surface area (Å²) in [5.74, 6) is 0.984. The van der Waals surface area contributed by atoms with E-state index in [0.717, 1.165) is 0 Å². The smallest absolute Gasteiger partial charge is 0.488 e. The van der Waals surface area contributed by atoms with Crippen molar-refractivity contribution < 1.29 is 61.7 Å². The lowest BCUT2D eigenvalue weighted by molar-refractivity contribution is -0.289. The molecule has 3 saturated heterocycles. The Hall–Kier alpha value is -6.39. The molecule has 10 atom stereocenters. The van der Waals surface area contributed by atoms with Gasteiger partial charge in [0.25, 0.3) is 0 Å². The predicted octanol–water partition coefficient (Wildman–Crippen LogP) is 9.44. The second-order valence-electron chi connectivity index (χ2n) is 17.9. The maximum atomic E-state index is 12.8. The minimum atomic E-state index is -1.27. The zero-order valence-corrected chi connectivity index (χ0v) is 40.0. The number of hydrogen-bond acceptors (Lipinski definition) is 15. The highest BCUT2D eigenvalue weighted by Crippen LogP contribution is 2.45. The van der Waals surface area contributed by atoms with Crippen molar-refractivity contribution in [3.63, 3.8) is 0 Å². The Bertz CT molecular complexity index is 2760. The van der Waals surface area contributed by atoms with Gasteiger partial charge in [-0.15, -0.1) is 13.2 Å². The lowest BCUT2D eigenvalue weighted by Gasteiger charge is -2.47.